The smallest absolute Gasteiger partial charge is 0.393 e. The van der Waals surface area contributed by atoms with E-state index in [9.17, 15) is 24.2 Å². The summed E-state index contributed by atoms with van der Waals surface area (Å²) < 4.78 is 29.5. The van der Waals surface area contributed by atoms with Crippen LogP contribution in [0.4, 0.5) is 0 Å². The lowest BCUT2D eigenvalue weighted by molar-refractivity contribution is -0.133. The van der Waals surface area contributed by atoms with Gasteiger partial charge in [-0.3, -0.25) is 18.6 Å². The molecule has 1 aliphatic carbocycles. The van der Waals surface area contributed by atoms with E-state index in [0.29, 0.717) is 49.9 Å². The summed E-state index contributed by atoms with van der Waals surface area (Å²) in [7, 11) is -4.44. The largest absolute Gasteiger partial charge is 0.472 e. The quantitative estimate of drug-likeness (QED) is 0.184. The average molecular weight is 580 g/mol. The molecular weight excluding hydrogens is 529 g/mol. The lowest BCUT2D eigenvalue weighted by atomic mass is 9.89. The molecule has 2 N–H and O–H groups in total. The monoisotopic (exact) mass is 579 g/mol. The van der Waals surface area contributed by atoms with Crippen molar-refractivity contribution in [3.05, 3.63) is 0 Å². The minimum atomic E-state index is -4.44. The summed E-state index contributed by atoms with van der Waals surface area (Å²) in [5.41, 5.74) is 0. The molecule has 38 heavy (non-hydrogen) atoms. The van der Waals surface area contributed by atoms with Crippen molar-refractivity contribution < 1.29 is 37.9 Å². The Morgan fingerprint density at radius 3 is 2.39 bits per heavy atom. The van der Waals surface area contributed by atoms with Crippen LogP contribution in [0.1, 0.15) is 86.5 Å². The van der Waals surface area contributed by atoms with Crippen molar-refractivity contribution in [1.29, 1.82) is 0 Å². The molecule has 0 spiro atoms. The molecule has 2 aliphatic rings. The summed E-state index contributed by atoms with van der Waals surface area (Å²) in [5, 5.41) is 10.7. The number of phosphoric ester groups is 1. The van der Waals surface area contributed by atoms with Crippen LogP contribution in [0.5, 0.6) is 0 Å². The number of aliphatic hydroxyl groups excluding tert-OH is 1. The third kappa shape index (κ3) is 11.9. The molecule has 222 valence electrons. The SMILES string of the molecule is CC(C)CCC(=O)C1C[C@H](O)C[C@H]1COP(=O)(O)O[C@@H]1C[C@@H](COC(C)C)N(C(=O)CCCSC(C)C)C1. The number of phosphoric acid groups is 1. The van der Waals surface area contributed by atoms with E-state index in [1.165, 1.54) is 0 Å². The first kappa shape index (κ1) is 33.7. The third-order valence-electron chi connectivity index (χ3n) is 7.09. The van der Waals surface area contributed by atoms with Crippen molar-refractivity contribution >= 4 is 31.3 Å². The number of nitrogens with zero attached hydrogens (tertiary/aromatic N) is 1. The van der Waals surface area contributed by atoms with Crippen LogP contribution in [-0.4, -0.2) is 81.7 Å². The summed E-state index contributed by atoms with van der Waals surface area (Å²) in [6, 6.07) is -0.236. The van der Waals surface area contributed by atoms with E-state index in [2.05, 4.69) is 27.7 Å². The molecule has 11 heteroatoms. The van der Waals surface area contributed by atoms with Crippen molar-refractivity contribution in [2.45, 2.75) is 116 Å². The van der Waals surface area contributed by atoms with Crippen LogP contribution in [0.15, 0.2) is 0 Å². The number of thioether (sulfide) groups is 1. The average Bonchev–Trinajstić information content (AvgIpc) is 3.39. The zero-order valence-electron chi connectivity index (χ0n) is 24.0. The maximum atomic E-state index is 13.0. The molecule has 0 aromatic carbocycles. The third-order valence-corrected chi connectivity index (χ3v) is 9.32. The number of carbonyl (C=O) groups excluding carboxylic acids is 2. The van der Waals surface area contributed by atoms with Crippen LogP contribution < -0.4 is 0 Å². The zero-order valence-corrected chi connectivity index (χ0v) is 25.8. The van der Waals surface area contributed by atoms with Crippen molar-refractivity contribution in [2.24, 2.45) is 17.8 Å². The highest BCUT2D eigenvalue weighted by molar-refractivity contribution is 7.99. The van der Waals surface area contributed by atoms with Gasteiger partial charge in [0.15, 0.2) is 0 Å². The number of amides is 1. The van der Waals surface area contributed by atoms with Gasteiger partial charge in [0, 0.05) is 25.3 Å². The normalized spacial score (nSPS) is 27.6. The van der Waals surface area contributed by atoms with Gasteiger partial charge in [0.1, 0.15) is 5.78 Å². The maximum absolute atomic E-state index is 13.0. The number of aliphatic hydroxyl groups is 1. The van der Waals surface area contributed by atoms with Gasteiger partial charge in [-0.2, -0.15) is 11.8 Å². The van der Waals surface area contributed by atoms with Crippen molar-refractivity contribution in [2.75, 3.05) is 25.5 Å². The molecule has 2 rings (SSSR count). The molecule has 1 saturated carbocycles. The number of ketones is 1. The highest BCUT2D eigenvalue weighted by atomic mass is 32.2. The van der Waals surface area contributed by atoms with E-state index in [1.807, 2.05) is 25.6 Å². The van der Waals surface area contributed by atoms with Crippen LogP contribution in [0.3, 0.4) is 0 Å². The number of hydrogen-bond acceptors (Lipinski definition) is 8. The number of rotatable bonds is 17. The van der Waals surface area contributed by atoms with E-state index in [-0.39, 0.29) is 48.8 Å². The number of Topliss-reactive ketones (excluding diaryl/α,β-unsaturated/α-hetero) is 1. The Kier molecular flexibility index (Phi) is 14.3. The van der Waals surface area contributed by atoms with Gasteiger partial charge in [-0.15, -0.1) is 0 Å². The number of likely N-dealkylation sites (tertiary alicyclic amines) is 1. The van der Waals surface area contributed by atoms with Gasteiger partial charge >= 0.3 is 7.82 Å². The zero-order chi connectivity index (χ0) is 28.5. The fraction of sp³-hybridized carbons (Fsp3) is 0.926. The Labute approximate surface area is 233 Å². The van der Waals surface area contributed by atoms with Gasteiger partial charge in [0.2, 0.25) is 5.91 Å². The molecule has 0 bridgehead atoms. The van der Waals surface area contributed by atoms with Crippen molar-refractivity contribution in [3.63, 3.8) is 0 Å². The van der Waals surface area contributed by atoms with E-state index >= 15 is 0 Å². The lowest BCUT2D eigenvalue weighted by Crippen LogP contribution is -2.39. The van der Waals surface area contributed by atoms with Gasteiger partial charge in [-0.25, -0.2) is 4.57 Å². The molecule has 9 nitrogen and oxygen atoms in total. The number of carbonyl (C=O) groups is 2. The minimum absolute atomic E-state index is 0.000377. The Bertz CT molecular complexity index is 795. The molecule has 2 unspecified atom stereocenters. The number of ether oxygens (including phenoxy) is 1. The van der Waals surface area contributed by atoms with Crippen LogP contribution in [0.25, 0.3) is 0 Å². The molecule has 1 aliphatic heterocycles. The molecule has 1 heterocycles. The van der Waals surface area contributed by atoms with Gasteiger partial charge < -0.3 is 19.6 Å². The van der Waals surface area contributed by atoms with Gasteiger partial charge in [-0.05, 0) is 68.8 Å². The lowest BCUT2D eigenvalue weighted by Gasteiger charge is -2.25. The topological polar surface area (TPSA) is 123 Å². The summed E-state index contributed by atoms with van der Waals surface area (Å²) in [5.74, 6) is 0.663. The van der Waals surface area contributed by atoms with Gasteiger partial charge in [-0.1, -0.05) is 27.7 Å². The summed E-state index contributed by atoms with van der Waals surface area (Å²) in [6.07, 6.45) is 2.20. The molecule has 2 fully saturated rings. The van der Waals surface area contributed by atoms with E-state index in [4.69, 9.17) is 13.8 Å². The summed E-state index contributed by atoms with van der Waals surface area (Å²) in [4.78, 5) is 37.9. The van der Waals surface area contributed by atoms with Crippen molar-refractivity contribution in [3.8, 4) is 0 Å². The number of hydrogen-bond donors (Lipinski definition) is 2. The fourth-order valence-corrected chi connectivity index (χ4v) is 6.85. The molecule has 1 saturated heterocycles. The standard InChI is InChI=1S/C27H50NO8PS/c1-18(2)9-10-26(30)25-14-23(29)12-21(25)16-35-37(32,33)36-24-13-22(17-34-19(3)4)28(15-24)27(31)8-7-11-38-20(5)6/h18-25,29H,7-17H2,1-6H3,(H,32,33)/t21-,22-,23+,24+,25?/m0/s1. The van der Waals surface area contributed by atoms with Crippen molar-refractivity contribution in [1.82, 2.24) is 4.90 Å². The van der Waals surface area contributed by atoms with Crippen LogP contribution in [0, 0.1) is 17.8 Å². The first-order valence-corrected chi connectivity index (χ1v) is 16.7. The van der Waals surface area contributed by atoms with Gasteiger partial charge in [0.25, 0.3) is 0 Å². The first-order chi connectivity index (χ1) is 17.8. The predicted octanol–water partition coefficient (Wildman–Crippen LogP) is 4.83. The predicted molar refractivity (Wildman–Crippen MR) is 150 cm³/mol. The molecular formula is C27H50NO8PS. The van der Waals surface area contributed by atoms with Crippen LogP contribution in [-0.2, 0) is 27.9 Å². The molecule has 0 aromatic heterocycles. The van der Waals surface area contributed by atoms with Gasteiger partial charge in [0.05, 0.1) is 37.6 Å². The van der Waals surface area contributed by atoms with Crippen LogP contribution >= 0.6 is 19.6 Å². The highest BCUT2D eigenvalue weighted by Crippen LogP contribution is 2.48. The first-order valence-electron chi connectivity index (χ1n) is 14.2. The van der Waals surface area contributed by atoms with E-state index < -0.39 is 20.0 Å². The second kappa shape index (κ2) is 16.1. The molecule has 6 atom stereocenters. The molecule has 0 radical (unpaired) electrons. The Morgan fingerprint density at radius 1 is 1.05 bits per heavy atom. The Morgan fingerprint density at radius 2 is 1.76 bits per heavy atom. The van der Waals surface area contributed by atoms with E-state index in [0.717, 1.165) is 18.6 Å². The Balaban J connectivity index is 1.93. The summed E-state index contributed by atoms with van der Waals surface area (Å²) in [6.45, 7) is 12.6. The maximum Gasteiger partial charge on any atom is 0.472 e. The fourth-order valence-electron chi connectivity index (χ4n) is 5.10. The molecule has 1 amide bonds. The van der Waals surface area contributed by atoms with Crippen LogP contribution in [0.2, 0.25) is 0 Å². The second-order valence-electron chi connectivity index (χ2n) is 11.7. The summed E-state index contributed by atoms with van der Waals surface area (Å²) >= 11 is 1.82. The molecule has 0 aromatic rings. The minimum Gasteiger partial charge on any atom is -0.393 e. The Hall–Kier alpha value is -0.480. The highest BCUT2D eigenvalue weighted by Gasteiger charge is 2.42. The van der Waals surface area contributed by atoms with E-state index in [1.54, 1.807) is 4.90 Å². The second-order valence-corrected chi connectivity index (χ2v) is 14.8.